The van der Waals surface area contributed by atoms with Crippen molar-refractivity contribution >= 4 is 11.0 Å². The molecule has 2 rings (SSSR count). The Morgan fingerprint density at radius 2 is 1.43 bits per heavy atom. The molecule has 1 unspecified atom stereocenters. The van der Waals surface area contributed by atoms with Crippen LogP contribution in [0.4, 0.5) is 0 Å². The summed E-state index contributed by atoms with van der Waals surface area (Å²) in [5.41, 5.74) is 1.90. The third kappa shape index (κ3) is 5.27. The molecule has 0 aliphatic rings. The van der Waals surface area contributed by atoms with Gasteiger partial charge in [-0.05, 0) is 38.3 Å². The molecule has 23 heavy (non-hydrogen) atoms. The lowest BCUT2D eigenvalue weighted by molar-refractivity contribution is 0.155. The van der Waals surface area contributed by atoms with E-state index in [2.05, 4.69) is 4.72 Å². The first-order chi connectivity index (χ1) is 10.9. The average Bonchev–Trinajstić information content (AvgIpc) is 2.55. The maximum atomic E-state index is 12.5. The van der Waals surface area contributed by atoms with Crippen molar-refractivity contribution in [1.29, 1.82) is 0 Å². The van der Waals surface area contributed by atoms with Crippen LogP contribution in [0.3, 0.4) is 0 Å². The van der Waals surface area contributed by atoms with Crippen LogP contribution in [-0.4, -0.2) is 14.1 Å². The number of nitrogens with one attached hydrogen (secondary N) is 1. The summed E-state index contributed by atoms with van der Waals surface area (Å²) >= 11 is 0. The molecule has 0 radical (unpaired) electrons. The maximum Gasteiger partial charge on any atom is 0.0975 e. The first-order valence-corrected chi connectivity index (χ1v) is 8.99. The van der Waals surface area contributed by atoms with Gasteiger partial charge in [-0.3, -0.25) is 0 Å². The van der Waals surface area contributed by atoms with Crippen LogP contribution in [0, 0.1) is 0 Å². The number of benzene rings is 2. The van der Waals surface area contributed by atoms with E-state index in [9.17, 15) is 9.32 Å². The van der Waals surface area contributed by atoms with E-state index < -0.39 is 17.1 Å². The Labute approximate surface area is 141 Å². The fraction of sp³-hybridized carbons (Fsp3) is 0.368. The number of aliphatic hydroxyl groups is 1. The van der Waals surface area contributed by atoms with Crippen molar-refractivity contribution in [2.45, 2.75) is 44.1 Å². The molecule has 0 spiro atoms. The Hall–Kier alpha value is -1.49. The standard InChI is InChI=1S/C19H25NO2S/c1-19(2,3)23(22)20-17(15-10-6-4-7-11-15)14-18(21)16-12-8-5-9-13-16/h4-13,17-18,20-21H,14H2,1-3H3/t17-,18+,23?/m1/s1. The average molecular weight is 331 g/mol. The maximum absolute atomic E-state index is 12.5. The van der Waals surface area contributed by atoms with E-state index >= 15 is 0 Å². The molecule has 0 saturated heterocycles. The first kappa shape index (κ1) is 17.9. The molecule has 3 nitrogen and oxygen atoms in total. The van der Waals surface area contributed by atoms with Gasteiger partial charge in [-0.1, -0.05) is 60.7 Å². The molecular weight excluding hydrogens is 306 g/mol. The molecule has 2 aromatic rings. The van der Waals surface area contributed by atoms with Gasteiger partial charge in [-0.2, -0.15) is 0 Å². The number of aliphatic hydroxyl groups excluding tert-OH is 1. The van der Waals surface area contributed by atoms with Gasteiger partial charge in [0.15, 0.2) is 0 Å². The second-order valence-corrected chi connectivity index (χ2v) is 8.62. The van der Waals surface area contributed by atoms with Crippen molar-refractivity contribution in [3.63, 3.8) is 0 Å². The molecule has 0 fully saturated rings. The minimum Gasteiger partial charge on any atom is -0.388 e. The first-order valence-electron chi connectivity index (χ1n) is 7.84. The molecule has 2 aromatic carbocycles. The summed E-state index contributed by atoms with van der Waals surface area (Å²) in [6, 6.07) is 19.3. The Bertz CT molecular complexity index is 623. The lowest BCUT2D eigenvalue weighted by Crippen LogP contribution is -2.36. The second-order valence-electron chi connectivity index (χ2n) is 6.62. The third-order valence-electron chi connectivity index (χ3n) is 3.65. The van der Waals surface area contributed by atoms with Crippen LogP contribution >= 0.6 is 0 Å². The molecule has 0 aromatic heterocycles. The summed E-state index contributed by atoms with van der Waals surface area (Å²) in [6.07, 6.45) is -0.138. The zero-order valence-corrected chi connectivity index (χ0v) is 14.7. The molecular formula is C19H25NO2S. The van der Waals surface area contributed by atoms with Crippen molar-refractivity contribution in [1.82, 2.24) is 4.72 Å². The van der Waals surface area contributed by atoms with Gasteiger partial charge in [0.1, 0.15) is 0 Å². The summed E-state index contributed by atoms with van der Waals surface area (Å²) in [5.74, 6) is 0. The molecule has 0 amide bonds. The van der Waals surface area contributed by atoms with Gasteiger partial charge < -0.3 is 5.11 Å². The fourth-order valence-corrected chi connectivity index (χ4v) is 3.12. The molecule has 0 bridgehead atoms. The zero-order chi connectivity index (χ0) is 16.9. The minimum absolute atomic E-state index is 0.175. The molecule has 0 heterocycles. The van der Waals surface area contributed by atoms with E-state index in [1.807, 2.05) is 81.4 Å². The third-order valence-corrected chi connectivity index (χ3v) is 5.26. The molecule has 2 N–H and O–H groups in total. The summed E-state index contributed by atoms with van der Waals surface area (Å²) in [7, 11) is -1.20. The summed E-state index contributed by atoms with van der Waals surface area (Å²) < 4.78 is 15.3. The van der Waals surface area contributed by atoms with Gasteiger partial charge in [-0.15, -0.1) is 0 Å². The molecule has 3 atom stereocenters. The summed E-state index contributed by atoms with van der Waals surface area (Å²) in [6.45, 7) is 5.81. The smallest absolute Gasteiger partial charge is 0.0975 e. The Morgan fingerprint density at radius 3 is 1.91 bits per heavy atom. The van der Waals surface area contributed by atoms with Crippen LogP contribution in [0.2, 0.25) is 0 Å². The SMILES string of the molecule is CC(C)(C)S(=O)N[C@H](C[C@H](O)c1ccccc1)c1ccccc1. The fourth-order valence-electron chi connectivity index (χ4n) is 2.28. The van der Waals surface area contributed by atoms with E-state index in [1.54, 1.807) is 0 Å². The topological polar surface area (TPSA) is 49.3 Å². The van der Waals surface area contributed by atoms with Gasteiger partial charge in [0.2, 0.25) is 0 Å². The van der Waals surface area contributed by atoms with Crippen LogP contribution in [0.25, 0.3) is 0 Å². The van der Waals surface area contributed by atoms with Crippen molar-refractivity contribution < 1.29 is 9.32 Å². The van der Waals surface area contributed by atoms with Crippen LogP contribution in [0.5, 0.6) is 0 Å². The number of rotatable bonds is 6. The van der Waals surface area contributed by atoms with E-state index in [0.717, 1.165) is 11.1 Å². The molecule has 4 heteroatoms. The van der Waals surface area contributed by atoms with Gasteiger partial charge in [-0.25, -0.2) is 8.93 Å². The molecule has 0 aliphatic carbocycles. The minimum atomic E-state index is -1.20. The van der Waals surface area contributed by atoms with E-state index in [4.69, 9.17) is 0 Å². The quantitative estimate of drug-likeness (QED) is 0.843. The molecule has 124 valence electrons. The van der Waals surface area contributed by atoms with E-state index in [0.29, 0.717) is 6.42 Å². The van der Waals surface area contributed by atoms with Crippen molar-refractivity contribution in [3.8, 4) is 0 Å². The monoisotopic (exact) mass is 331 g/mol. The Balaban J connectivity index is 2.19. The zero-order valence-electron chi connectivity index (χ0n) is 13.9. The number of hydrogen-bond donors (Lipinski definition) is 2. The molecule has 0 saturated carbocycles. The summed E-state index contributed by atoms with van der Waals surface area (Å²) in [5, 5.41) is 10.5. The van der Waals surface area contributed by atoms with E-state index in [-0.39, 0.29) is 10.8 Å². The normalized spacial score (nSPS) is 15.8. The largest absolute Gasteiger partial charge is 0.388 e. The Morgan fingerprint density at radius 1 is 0.957 bits per heavy atom. The highest BCUT2D eigenvalue weighted by molar-refractivity contribution is 7.84. The van der Waals surface area contributed by atoms with Crippen molar-refractivity contribution in [2.75, 3.05) is 0 Å². The van der Waals surface area contributed by atoms with Crippen molar-refractivity contribution in [2.24, 2.45) is 0 Å². The highest BCUT2D eigenvalue weighted by atomic mass is 32.2. The van der Waals surface area contributed by atoms with Crippen LogP contribution in [0.1, 0.15) is 50.5 Å². The molecule has 0 aliphatic heterocycles. The van der Waals surface area contributed by atoms with Gasteiger partial charge >= 0.3 is 0 Å². The van der Waals surface area contributed by atoms with Gasteiger partial charge in [0.25, 0.3) is 0 Å². The summed E-state index contributed by atoms with van der Waals surface area (Å²) in [4.78, 5) is 0. The van der Waals surface area contributed by atoms with Crippen LogP contribution in [0.15, 0.2) is 60.7 Å². The predicted molar refractivity (Wildman–Crippen MR) is 96.2 cm³/mol. The highest BCUT2D eigenvalue weighted by Gasteiger charge is 2.25. The van der Waals surface area contributed by atoms with Gasteiger partial charge in [0, 0.05) is 6.04 Å². The predicted octanol–water partition coefficient (Wildman–Crippen LogP) is 3.90. The lowest BCUT2D eigenvalue weighted by Gasteiger charge is -2.26. The van der Waals surface area contributed by atoms with Crippen LogP contribution in [-0.2, 0) is 11.0 Å². The lowest BCUT2D eigenvalue weighted by atomic mass is 9.97. The van der Waals surface area contributed by atoms with Gasteiger partial charge in [0.05, 0.1) is 21.8 Å². The van der Waals surface area contributed by atoms with E-state index in [1.165, 1.54) is 0 Å². The highest BCUT2D eigenvalue weighted by Crippen LogP contribution is 2.27. The second kappa shape index (κ2) is 7.86. The van der Waals surface area contributed by atoms with Crippen LogP contribution < -0.4 is 4.72 Å². The van der Waals surface area contributed by atoms with Crippen molar-refractivity contribution in [3.05, 3.63) is 71.8 Å². The Kier molecular flexibility index (Phi) is 6.10. The number of hydrogen-bond acceptors (Lipinski definition) is 2.